The molecule has 0 bridgehead atoms. The van der Waals surface area contributed by atoms with Gasteiger partial charge in [0.1, 0.15) is 11.6 Å². The number of aromatic nitrogens is 1. The second-order valence-electron chi connectivity index (χ2n) is 16.9. The van der Waals surface area contributed by atoms with Crippen LogP contribution in [0.25, 0.3) is 6.08 Å². The van der Waals surface area contributed by atoms with E-state index < -0.39 is 28.6 Å². The van der Waals surface area contributed by atoms with Crippen LogP contribution >= 0.6 is 11.3 Å². The molecule has 1 aromatic rings. The Balaban J connectivity index is 2.90. The molecule has 2 unspecified atom stereocenters. The van der Waals surface area contributed by atoms with Crippen LogP contribution in [-0.4, -0.2) is 52.9 Å². The molecule has 2 heterocycles. The summed E-state index contributed by atoms with van der Waals surface area (Å²) in [6, 6.07) is 2.10. The molecule has 2 atom stereocenters. The van der Waals surface area contributed by atoms with Crippen molar-refractivity contribution in [1.82, 2.24) is 15.0 Å². The van der Waals surface area contributed by atoms with Crippen LogP contribution in [0.5, 0.6) is 0 Å². The van der Waals surface area contributed by atoms with Gasteiger partial charge >= 0.3 is 0 Å². The Hall–Kier alpha value is -2.99. The second kappa shape index (κ2) is 17.3. The van der Waals surface area contributed by atoms with E-state index in [4.69, 9.17) is 4.98 Å². The van der Waals surface area contributed by atoms with Crippen molar-refractivity contribution < 1.29 is 14.4 Å². The number of amides is 3. The Morgan fingerprint density at radius 3 is 1.78 bits per heavy atom. The zero-order chi connectivity index (χ0) is 37.5. The van der Waals surface area contributed by atoms with Gasteiger partial charge in [0.2, 0.25) is 5.91 Å². The molecule has 0 saturated carbocycles. The fourth-order valence-electron chi connectivity index (χ4n) is 6.44. The van der Waals surface area contributed by atoms with Crippen molar-refractivity contribution in [3.8, 4) is 6.07 Å². The number of carbonyl (C=O) groups is 3. The van der Waals surface area contributed by atoms with Gasteiger partial charge in [0.15, 0.2) is 5.13 Å². The van der Waals surface area contributed by atoms with Crippen molar-refractivity contribution in [3.05, 3.63) is 27.3 Å². The number of hydrogen-bond acceptors (Lipinski definition) is 7. The number of imide groups is 1. The third-order valence-corrected chi connectivity index (χ3v) is 10.5. The number of thiazole rings is 1. The molecule has 3 amide bonds. The number of hydrogen-bond donors (Lipinski definition) is 0. The minimum absolute atomic E-state index is 0.126. The maximum Gasteiger partial charge on any atom is 0.290 e. The van der Waals surface area contributed by atoms with E-state index in [1.165, 1.54) is 45.6 Å². The van der Waals surface area contributed by atoms with Gasteiger partial charge in [-0.3, -0.25) is 14.4 Å². The molecular weight excluding hydrogens is 631 g/mol. The van der Waals surface area contributed by atoms with Gasteiger partial charge in [-0.15, -0.1) is 0 Å². The van der Waals surface area contributed by atoms with Gasteiger partial charge in [0.05, 0.1) is 10.6 Å². The normalized spacial score (nSPS) is 16.7. The van der Waals surface area contributed by atoms with Gasteiger partial charge in [-0.05, 0) is 41.7 Å². The highest BCUT2D eigenvalue weighted by Crippen LogP contribution is 2.43. The Morgan fingerprint density at radius 1 is 0.878 bits per heavy atom. The van der Waals surface area contributed by atoms with Gasteiger partial charge in [-0.25, -0.2) is 9.99 Å². The van der Waals surface area contributed by atoms with E-state index in [9.17, 15) is 19.6 Å². The summed E-state index contributed by atoms with van der Waals surface area (Å²) in [4.78, 5) is 50.3. The van der Waals surface area contributed by atoms with Crippen molar-refractivity contribution in [3.63, 3.8) is 0 Å². The molecule has 1 aliphatic heterocycles. The average molecular weight is 696 g/mol. The van der Waals surface area contributed by atoms with E-state index in [-0.39, 0.29) is 16.6 Å². The van der Waals surface area contributed by atoms with Crippen LogP contribution in [0.15, 0.2) is 16.7 Å². The Labute approximate surface area is 302 Å². The highest BCUT2D eigenvalue weighted by atomic mass is 32.1. The first kappa shape index (κ1) is 42.2. The molecule has 0 fully saturated rings. The molecule has 8 nitrogen and oxygen atoms in total. The maximum atomic E-state index is 14.5. The SMILES string of the molecule is CCCCC(CC)CN(CC(CC)CCCC)c1nc(C(C)(C)C)c(/C=C2\C(=O)N(N(C)C(=O)C(C)(C)C)C(=O)C(C#N)=C2C(C)(C)C)s1. The predicted octanol–water partition coefficient (Wildman–Crippen LogP) is 9.72. The monoisotopic (exact) mass is 695 g/mol. The smallest absolute Gasteiger partial charge is 0.290 e. The van der Waals surface area contributed by atoms with Crippen LogP contribution < -0.4 is 4.90 Å². The molecule has 0 N–H and O–H groups in total. The summed E-state index contributed by atoms with van der Waals surface area (Å²) in [5, 5.41) is 13.2. The topological polar surface area (TPSA) is 97.6 Å². The quantitative estimate of drug-likeness (QED) is 0.134. The number of nitrogens with zero attached hydrogens (tertiary/aromatic N) is 5. The zero-order valence-corrected chi connectivity index (χ0v) is 34.0. The van der Waals surface area contributed by atoms with Crippen LogP contribution in [0.3, 0.4) is 0 Å². The summed E-state index contributed by atoms with van der Waals surface area (Å²) < 4.78 is 0. The van der Waals surface area contributed by atoms with E-state index in [1.54, 1.807) is 32.1 Å². The van der Waals surface area contributed by atoms with Crippen molar-refractivity contribution >= 4 is 40.3 Å². The molecule has 0 aliphatic carbocycles. The fourth-order valence-corrected chi connectivity index (χ4v) is 7.67. The van der Waals surface area contributed by atoms with Gasteiger partial charge < -0.3 is 4.90 Å². The number of rotatable bonds is 15. The van der Waals surface area contributed by atoms with E-state index >= 15 is 0 Å². The summed E-state index contributed by atoms with van der Waals surface area (Å²) in [7, 11) is 1.42. The fraction of sp³-hybridized carbons (Fsp3) is 0.725. The molecule has 49 heavy (non-hydrogen) atoms. The highest BCUT2D eigenvalue weighted by molar-refractivity contribution is 7.16. The summed E-state index contributed by atoms with van der Waals surface area (Å²) >= 11 is 1.58. The molecule has 0 aromatic carbocycles. The number of anilines is 1. The van der Waals surface area contributed by atoms with Crippen LogP contribution in [0.1, 0.15) is 152 Å². The van der Waals surface area contributed by atoms with Crippen LogP contribution in [-0.2, 0) is 19.8 Å². The van der Waals surface area contributed by atoms with E-state index in [0.29, 0.717) is 17.4 Å². The zero-order valence-electron chi connectivity index (χ0n) is 33.2. The van der Waals surface area contributed by atoms with Gasteiger partial charge in [-0.2, -0.15) is 10.3 Å². The molecule has 0 saturated heterocycles. The Morgan fingerprint density at radius 2 is 1.39 bits per heavy atom. The van der Waals surface area contributed by atoms with Crippen LogP contribution in [0.4, 0.5) is 5.13 Å². The third kappa shape index (κ3) is 10.5. The lowest BCUT2D eigenvalue weighted by Gasteiger charge is -2.39. The first-order valence-corrected chi connectivity index (χ1v) is 19.3. The van der Waals surface area contributed by atoms with Crippen molar-refractivity contribution in [2.45, 2.75) is 147 Å². The minimum atomic E-state index is -0.851. The summed E-state index contributed by atoms with van der Waals surface area (Å²) in [6.07, 6.45) is 11.1. The number of carbonyl (C=O) groups excluding carboxylic acids is 3. The van der Waals surface area contributed by atoms with E-state index in [2.05, 4.69) is 59.4 Å². The number of nitriles is 1. The lowest BCUT2D eigenvalue weighted by atomic mass is 9.76. The molecule has 1 aliphatic rings. The van der Waals surface area contributed by atoms with Gasteiger partial charge in [-0.1, -0.05) is 140 Å². The van der Waals surface area contributed by atoms with E-state index in [0.717, 1.165) is 51.7 Å². The van der Waals surface area contributed by atoms with Crippen molar-refractivity contribution in [1.29, 1.82) is 5.26 Å². The lowest BCUT2D eigenvalue weighted by Crippen LogP contribution is -2.56. The summed E-state index contributed by atoms with van der Waals surface area (Å²) in [5.41, 5.74) is -0.523. The molecule has 9 heteroatoms. The minimum Gasteiger partial charge on any atom is -0.348 e. The Bertz CT molecular complexity index is 1410. The van der Waals surface area contributed by atoms with Gasteiger partial charge in [0.25, 0.3) is 11.8 Å². The number of hydrazine groups is 1. The average Bonchev–Trinajstić information content (AvgIpc) is 3.44. The molecule has 0 spiro atoms. The molecule has 1 aromatic heterocycles. The largest absolute Gasteiger partial charge is 0.348 e. The van der Waals surface area contributed by atoms with Crippen molar-refractivity contribution in [2.24, 2.45) is 22.7 Å². The first-order valence-electron chi connectivity index (χ1n) is 18.5. The highest BCUT2D eigenvalue weighted by Gasteiger charge is 2.46. The second-order valence-corrected chi connectivity index (χ2v) is 17.9. The molecule has 2 rings (SSSR count). The first-order chi connectivity index (χ1) is 22.7. The maximum absolute atomic E-state index is 14.5. The molecule has 274 valence electrons. The third-order valence-electron chi connectivity index (χ3n) is 9.39. The number of unbranched alkanes of at least 4 members (excludes halogenated alkanes) is 2. The molecular formula is C40H65N5O3S. The van der Waals surface area contributed by atoms with E-state index in [1.807, 2.05) is 26.8 Å². The van der Waals surface area contributed by atoms with Crippen molar-refractivity contribution in [2.75, 3.05) is 25.0 Å². The summed E-state index contributed by atoms with van der Waals surface area (Å²) in [6.45, 7) is 28.2. The molecule has 0 radical (unpaired) electrons. The lowest BCUT2D eigenvalue weighted by molar-refractivity contribution is -0.171. The van der Waals surface area contributed by atoms with Gasteiger partial charge in [0, 0.05) is 36.5 Å². The Kier molecular flexibility index (Phi) is 14.9. The van der Waals surface area contributed by atoms with Crippen LogP contribution in [0.2, 0.25) is 0 Å². The standard InChI is InChI=1S/C40H65N5O3S/c1-15-19-21-27(17-3)25-44(26-28(18-4)22-20-16-2)37-42-33(39(8,9)10)31(49-37)23-29-32(38(5,6)7)30(24-41)35(47)45(34(29)46)43(14)36(48)40(11,12)13/h23,27-28H,15-22,25-26H2,1-14H3/b29-23-. The predicted molar refractivity (Wildman–Crippen MR) is 204 cm³/mol. The summed E-state index contributed by atoms with van der Waals surface area (Å²) in [5.74, 6) is -0.694. The van der Waals surface area contributed by atoms with Crippen LogP contribution in [0, 0.1) is 34.0 Å².